The van der Waals surface area contributed by atoms with Crippen LogP contribution >= 0.6 is 0 Å². The summed E-state index contributed by atoms with van der Waals surface area (Å²) in [5.41, 5.74) is 0.656. The van der Waals surface area contributed by atoms with Gasteiger partial charge in [-0.25, -0.2) is 9.18 Å². The maximum Gasteiger partial charge on any atom is 0.338 e. The molecule has 0 fully saturated rings. The largest absolute Gasteiger partial charge is 0.452 e. The van der Waals surface area contributed by atoms with Crippen LogP contribution in [-0.4, -0.2) is 23.4 Å². The Morgan fingerprint density at radius 3 is 2.32 bits per heavy atom. The van der Waals surface area contributed by atoms with Crippen LogP contribution < -0.4 is 5.32 Å². The fourth-order valence-corrected chi connectivity index (χ4v) is 2.05. The van der Waals surface area contributed by atoms with Crippen LogP contribution in [0.5, 0.6) is 0 Å². The lowest BCUT2D eigenvalue weighted by Crippen LogP contribution is -2.31. The molecule has 0 radical (unpaired) electrons. The maximum absolute atomic E-state index is 12.9. The standard InChI is InChI=1S/C17H15FN2O5/c1-11(12-2-6-14(18)7-3-12)19-16(21)10-25-17(22)13-4-8-15(9-5-13)20(23)24/h2-9,11H,10H2,1H3,(H,19,21)/t11-/m0/s1. The van der Waals surface area contributed by atoms with Crippen molar-refractivity contribution in [1.29, 1.82) is 0 Å². The molecule has 0 spiro atoms. The Hall–Kier alpha value is -3.29. The summed E-state index contributed by atoms with van der Waals surface area (Å²) in [6.45, 7) is 1.21. The highest BCUT2D eigenvalue weighted by Gasteiger charge is 2.14. The number of non-ortho nitro benzene ring substituents is 1. The first-order valence-electron chi connectivity index (χ1n) is 7.33. The highest BCUT2D eigenvalue weighted by atomic mass is 19.1. The quantitative estimate of drug-likeness (QED) is 0.493. The molecule has 0 aromatic heterocycles. The lowest BCUT2D eigenvalue weighted by Gasteiger charge is -2.14. The summed E-state index contributed by atoms with van der Waals surface area (Å²) in [5, 5.41) is 13.2. The minimum absolute atomic E-state index is 0.102. The number of nitrogens with zero attached hydrogens (tertiary/aromatic N) is 1. The number of hydrogen-bond acceptors (Lipinski definition) is 5. The van der Waals surface area contributed by atoms with Crippen LogP contribution in [0.1, 0.15) is 28.9 Å². The Labute approximate surface area is 142 Å². The average molecular weight is 346 g/mol. The Kier molecular flexibility index (Phi) is 5.78. The van der Waals surface area contributed by atoms with Gasteiger partial charge in [0.25, 0.3) is 11.6 Å². The van der Waals surface area contributed by atoms with Crippen molar-refractivity contribution in [2.75, 3.05) is 6.61 Å². The summed E-state index contributed by atoms with van der Waals surface area (Å²) in [6.07, 6.45) is 0. The molecule has 2 rings (SSSR count). The first-order chi connectivity index (χ1) is 11.9. The molecule has 130 valence electrons. The molecular weight excluding hydrogens is 331 g/mol. The number of rotatable bonds is 6. The van der Waals surface area contributed by atoms with E-state index in [1.165, 1.54) is 36.4 Å². The van der Waals surface area contributed by atoms with Crippen molar-refractivity contribution in [3.05, 3.63) is 75.6 Å². The lowest BCUT2D eigenvalue weighted by molar-refractivity contribution is -0.384. The van der Waals surface area contributed by atoms with Crippen LogP contribution in [0, 0.1) is 15.9 Å². The molecule has 0 aliphatic rings. The minimum Gasteiger partial charge on any atom is -0.452 e. The SMILES string of the molecule is C[C@H](NC(=O)COC(=O)c1ccc([N+](=O)[O-])cc1)c1ccc(F)cc1. The smallest absolute Gasteiger partial charge is 0.338 e. The lowest BCUT2D eigenvalue weighted by atomic mass is 10.1. The molecule has 0 saturated heterocycles. The van der Waals surface area contributed by atoms with Gasteiger partial charge in [-0.2, -0.15) is 0 Å². The van der Waals surface area contributed by atoms with E-state index < -0.39 is 23.4 Å². The van der Waals surface area contributed by atoms with Gasteiger partial charge in [0.2, 0.25) is 0 Å². The van der Waals surface area contributed by atoms with Crippen molar-refractivity contribution in [3.8, 4) is 0 Å². The van der Waals surface area contributed by atoms with Crippen LogP contribution in [0.2, 0.25) is 0 Å². The number of nitro groups is 1. The number of nitro benzene ring substituents is 1. The molecule has 0 unspecified atom stereocenters. The predicted molar refractivity (Wildman–Crippen MR) is 86.3 cm³/mol. The molecule has 7 nitrogen and oxygen atoms in total. The Bertz CT molecular complexity index is 775. The third-order valence-electron chi connectivity index (χ3n) is 3.40. The van der Waals surface area contributed by atoms with E-state index in [0.29, 0.717) is 5.56 Å². The second-order valence-electron chi connectivity index (χ2n) is 5.22. The fourth-order valence-electron chi connectivity index (χ4n) is 2.05. The van der Waals surface area contributed by atoms with Crippen LogP contribution in [0.15, 0.2) is 48.5 Å². The topological polar surface area (TPSA) is 98.5 Å². The third kappa shape index (κ3) is 5.10. The number of esters is 1. The number of carbonyl (C=O) groups is 2. The number of ether oxygens (including phenoxy) is 1. The highest BCUT2D eigenvalue weighted by molar-refractivity contribution is 5.91. The molecule has 0 aliphatic heterocycles. The van der Waals surface area contributed by atoms with Gasteiger partial charge >= 0.3 is 5.97 Å². The van der Waals surface area contributed by atoms with Crippen molar-refractivity contribution in [3.63, 3.8) is 0 Å². The van der Waals surface area contributed by atoms with E-state index in [-0.39, 0.29) is 23.1 Å². The van der Waals surface area contributed by atoms with E-state index in [1.807, 2.05) is 0 Å². The van der Waals surface area contributed by atoms with Gasteiger partial charge in [0.05, 0.1) is 16.5 Å². The van der Waals surface area contributed by atoms with Crippen LogP contribution in [0.4, 0.5) is 10.1 Å². The zero-order valence-corrected chi connectivity index (χ0v) is 13.3. The van der Waals surface area contributed by atoms with Gasteiger partial charge in [-0.1, -0.05) is 12.1 Å². The van der Waals surface area contributed by atoms with Gasteiger partial charge in [0.1, 0.15) is 5.82 Å². The van der Waals surface area contributed by atoms with Crippen molar-refractivity contribution in [2.45, 2.75) is 13.0 Å². The molecule has 1 amide bonds. The number of nitrogens with one attached hydrogen (secondary N) is 1. The zero-order chi connectivity index (χ0) is 18.4. The molecule has 1 N–H and O–H groups in total. The van der Waals surface area contributed by atoms with E-state index in [1.54, 1.807) is 19.1 Å². The predicted octanol–water partition coefficient (Wildman–Crippen LogP) is 2.77. The van der Waals surface area contributed by atoms with Gasteiger partial charge in [-0.15, -0.1) is 0 Å². The summed E-state index contributed by atoms with van der Waals surface area (Å²) in [6, 6.07) is 10.1. The van der Waals surface area contributed by atoms with Crippen LogP contribution in [0.3, 0.4) is 0 Å². The summed E-state index contributed by atoms with van der Waals surface area (Å²) in [5.74, 6) is -1.66. The van der Waals surface area contributed by atoms with Crippen LogP contribution in [0.25, 0.3) is 0 Å². The number of carbonyl (C=O) groups excluding carboxylic acids is 2. The summed E-state index contributed by atoms with van der Waals surface area (Å²) in [4.78, 5) is 33.6. The number of halogens is 1. The molecule has 2 aromatic rings. The van der Waals surface area contributed by atoms with Crippen molar-refractivity contribution in [1.82, 2.24) is 5.32 Å². The van der Waals surface area contributed by atoms with Gasteiger partial charge in [-0.3, -0.25) is 14.9 Å². The normalized spacial score (nSPS) is 11.4. The van der Waals surface area contributed by atoms with E-state index >= 15 is 0 Å². The van der Waals surface area contributed by atoms with Gasteiger partial charge in [-0.05, 0) is 36.8 Å². The Morgan fingerprint density at radius 2 is 1.76 bits per heavy atom. The van der Waals surface area contributed by atoms with Gasteiger partial charge in [0, 0.05) is 12.1 Å². The zero-order valence-electron chi connectivity index (χ0n) is 13.3. The fraction of sp³-hybridized carbons (Fsp3) is 0.176. The third-order valence-corrected chi connectivity index (χ3v) is 3.40. The van der Waals surface area contributed by atoms with Crippen molar-refractivity contribution >= 4 is 17.6 Å². The Morgan fingerprint density at radius 1 is 1.16 bits per heavy atom. The minimum atomic E-state index is -0.764. The number of hydrogen-bond donors (Lipinski definition) is 1. The van der Waals surface area contributed by atoms with Crippen LogP contribution in [-0.2, 0) is 9.53 Å². The highest BCUT2D eigenvalue weighted by Crippen LogP contribution is 2.14. The van der Waals surface area contributed by atoms with E-state index in [4.69, 9.17) is 4.74 Å². The number of benzene rings is 2. The van der Waals surface area contributed by atoms with Crippen molar-refractivity contribution < 1.29 is 23.6 Å². The molecule has 1 atom stereocenters. The molecule has 0 aliphatic carbocycles. The monoisotopic (exact) mass is 346 g/mol. The van der Waals surface area contributed by atoms with E-state index in [2.05, 4.69) is 5.32 Å². The molecule has 0 heterocycles. The molecule has 8 heteroatoms. The molecular formula is C17H15FN2O5. The van der Waals surface area contributed by atoms with Gasteiger partial charge < -0.3 is 10.1 Å². The van der Waals surface area contributed by atoms with Crippen molar-refractivity contribution in [2.24, 2.45) is 0 Å². The summed E-state index contributed by atoms with van der Waals surface area (Å²) in [7, 11) is 0. The summed E-state index contributed by atoms with van der Waals surface area (Å²) < 4.78 is 17.7. The van der Waals surface area contributed by atoms with Gasteiger partial charge in [0.15, 0.2) is 6.61 Å². The molecule has 25 heavy (non-hydrogen) atoms. The second-order valence-corrected chi connectivity index (χ2v) is 5.22. The maximum atomic E-state index is 12.9. The molecule has 2 aromatic carbocycles. The molecule has 0 bridgehead atoms. The second kappa shape index (κ2) is 8.00. The molecule has 0 saturated carbocycles. The van der Waals surface area contributed by atoms with E-state index in [0.717, 1.165) is 0 Å². The van der Waals surface area contributed by atoms with E-state index in [9.17, 15) is 24.1 Å². The average Bonchev–Trinajstić information content (AvgIpc) is 2.60. The summed E-state index contributed by atoms with van der Waals surface area (Å²) >= 11 is 0. The first kappa shape index (κ1) is 18.1. The Balaban J connectivity index is 1.85. The number of amides is 1. The first-order valence-corrected chi connectivity index (χ1v) is 7.33.